The summed E-state index contributed by atoms with van der Waals surface area (Å²) >= 11 is 0. The number of aliphatic hydroxyl groups is 1. The van der Waals surface area contributed by atoms with Crippen LogP contribution in [0.4, 0.5) is 5.69 Å². The SMILES string of the molecule is CC(C)(C)c1ccc(N(C(=O)[C@@H]2C3CCC4C(OC3)OCC42)C(C(=O)N[C@@H]2c3ccccc3C[C@@H]2O)c2cccnc2)cc1. The normalized spacial score (nSPS) is 29.5. The molecule has 8 heteroatoms. The molecule has 3 aromatic rings. The molecule has 5 unspecified atom stereocenters. The van der Waals surface area contributed by atoms with E-state index in [1.165, 1.54) is 0 Å². The van der Waals surface area contributed by atoms with Crippen LogP contribution in [0.1, 0.15) is 68.0 Å². The smallest absolute Gasteiger partial charge is 0.248 e. The largest absolute Gasteiger partial charge is 0.390 e. The number of benzene rings is 2. The maximum atomic E-state index is 15.1. The molecule has 4 fully saturated rings. The first-order valence-electron chi connectivity index (χ1n) is 15.8. The van der Waals surface area contributed by atoms with E-state index in [1.54, 1.807) is 23.4 Å². The number of hydrogen-bond acceptors (Lipinski definition) is 6. The summed E-state index contributed by atoms with van der Waals surface area (Å²) in [5, 5.41) is 14.2. The highest BCUT2D eigenvalue weighted by Crippen LogP contribution is 2.50. The van der Waals surface area contributed by atoms with Gasteiger partial charge in [-0.1, -0.05) is 63.2 Å². The van der Waals surface area contributed by atoms with Gasteiger partial charge in [0.05, 0.1) is 25.4 Å². The van der Waals surface area contributed by atoms with Crippen LogP contribution in [0.25, 0.3) is 0 Å². The number of pyridine rings is 1. The van der Waals surface area contributed by atoms with Crippen LogP contribution in [-0.2, 0) is 30.9 Å². The van der Waals surface area contributed by atoms with E-state index in [4.69, 9.17) is 9.47 Å². The van der Waals surface area contributed by atoms with E-state index >= 15 is 4.79 Å². The molecule has 2 amide bonds. The summed E-state index contributed by atoms with van der Waals surface area (Å²) in [4.78, 5) is 35.7. The zero-order chi connectivity index (χ0) is 30.6. The molecule has 1 aromatic heterocycles. The van der Waals surface area contributed by atoms with Gasteiger partial charge >= 0.3 is 0 Å². The van der Waals surface area contributed by atoms with Crippen molar-refractivity contribution in [3.05, 3.63) is 95.3 Å². The molecular weight excluding hydrogens is 554 g/mol. The molecule has 1 saturated carbocycles. The Morgan fingerprint density at radius 1 is 0.977 bits per heavy atom. The predicted octanol–water partition coefficient (Wildman–Crippen LogP) is 4.87. The number of nitrogens with zero attached hydrogens (tertiary/aromatic N) is 2. The number of ether oxygens (including phenoxy) is 2. The first kappa shape index (κ1) is 29.1. The second-order valence-corrected chi connectivity index (χ2v) is 13.9. The number of amides is 2. The standard InChI is InChI=1S/C36H41N3O5/c1-36(2,3)24-11-13-25(14-12-24)39(34(42)30-23-10-15-27-28(30)20-44-35(27)43-19-23)32(22-8-6-16-37-18-22)33(41)38-31-26-9-5-4-7-21(26)17-29(31)40/h4-9,11-14,16,18,23,27-32,35,40H,10,15,17,19-20H2,1-3H3,(H,38,41)/t23?,27?,28?,29-,30+,31+,32?,35?/m0/s1. The quantitative estimate of drug-likeness (QED) is 0.422. The van der Waals surface area contributed by atoms with E-state index in [-0.39, 0.29) is 47.2 Å². The minimum atomic E-state index is -1.00. The highest BCUT2D eigenvalue weighted by Gasteiger charge is 2.55. The van der Waals surface area contributed by atoms with Gasteiger partial charge in [0.1, 0.15) is 6.04 Å². The number of aromatic nitrogens is 1. The van der Waals surface area contributed by atoms with Crippen LogP contribution in [0.3, 0.4) is 0 Å². The number of carbonyl (C=O) groups is 2. The van der Waals surface area contributed by atoms with Crippen molar-refractivity contribution < 1.29 is 24.2 Å². The van der Waals surface area contributed by atoms with Crippen molar-refractivity contribution >= 4 is 17.5 Å². The van der Waals surface area contributed by atoms with E-state index in [1.807, 2.05) is 54.6 Å². The third-order valence-electron chi connectivity index (χ3n) is 10.2. The van der Waals surface area contributed by atoms with Crippen LogP contribution in [-0.4, -0.2) is 47.5 Å². The van der Waals surface area contributed by atoms with Crippen molar-refractivity contribution in [1.82, 2.24) is 10.3 Å². The zero-order valence-electron chi connectivity index (χ0n) is 25.6. The van der Waals surface area contributed by atoms with Gasteiger partial charge in [-0.2, -0.15) is 0 Å². The van der Waals surface area contributed by atoms with E-state index in [2.05, 4.69) is 31.1 Å². The molecule has 2 aromatic carbocycles. The van der Waals surface area contributed by atoms with Crippen molar-refractivity contribution in [1.29, 1.82) is 0 Å². The van der Waals surface area contributed by atoms with Gasteiger partial charge < -0.3 is 19.9 Å². The van der Waals surface area contributed by atoms with E-state index in [9.17, 15) is 9.90 Å². The third kappa shape index (κ3) is 5.13. The Balaban J connectivity index is 1.32. The van der Waals surface area contributed by atoms with Crippen LogP contribution in [0.2, 0.25) is 0 Å². The summed E-state index contributed by atoms with van der Waals surface area (Å²) in [6.07, 6.45) is 4.64. The summed E-state index contributed by atoms with van der Waals surface area (Å²) in [6, 6.07) is 17.8. The van der Waals surface area contributed by atoms with Crippen LogP contribution in [0.5, 0.6) is 0 Å². The summed E-state index contributed by atoms with van der Waals surface area (Å²) in [5.74, 6) is -0.541. The molecule has 4 heterocycles. The Labute approximate surface area is 258 Å². The first-order valence-corrected chi connectivity index (χ1v) is 15.8. The molecule has 8 rings (SSSR count). The van der Waals surface area contributed by atoms with Gasteiger partial charge in [-0.15, -0.1) is 0 Å². The lowest BCUT2D eigenvalue weighted by Gasteiger charge is -2.41. The number of aliphatic hydroxyl groups excluding tert-OH is 1. The average molecular weight is 596 g/mol. The number of hydrogen-bond donors (Lipinski definition) is 2. The second-order valence-electron chi connectivity index (χ2n) is 13.9. The first-order chi connectivity index (χ1) is 21.2. The molecule has 3 saturated heterocycles. The maximum absolute atomic E-state index is 15.1. The van der Waals surface area contributed by atoms with Crippen molar-refractivity contribution in [3.8, 4) is 0 Å². The van der Waals surface area contributed by atoms with Crippen LogP contribution in [0.15, 0.2) is 73.1 Å². The Morgan fingerprint density at radius 2 is 1.75 bits per heavy atom. The minimum Gasteiger partial charge on any atom is -0.390 e. The molecule has 0 spiro atoms. The molecule has 2 aliphatic carbocycles. The lowest BCUT2D eigenvalue weighted by atomic mass is 9.68. The van der Waals surface area contributed by atoms with E-state index < -0.39 is 18.2 Å². The Kier molecular flexibility index (Phi) is 7.55. The molecule has 230 valence electrons. The van der Waals surface area contributed by atoms with Gasteiger partial charge in [0.15, 0.2) is 6.29 Å². The molecular formula is C36H41N3O5. The number of fused-ring (bicyclic) bond motifs is 3. The van der Waals surface area contributed by atoms with Crippen molar-refractivity contribution in [2.24, 2.45) is 23.7 Å². The maximum Gasteiger partial charge on any atom is 0.248 e. The Bertz CT molecular complexity index is 1520. The van der Waals surface area contributed by atoms with Crippen LogP contribution < -0.4 is 10.2 Å². The van der Waals surface area contributed by atoms with Gasteiger partial charge in [-0.05, 0) is 59.1 Å². The number of anilines is 1. The fourth-order valence-corrected chi connectivity index (χ4v) is 7.89. The Morgan fingerprint density at radius 3 is 2.50 bits per heavy atom. The highest BCUT2D eigenvalue weighted by atomic mass is 16.7. The van der Waals surface area contributed by atoms with Crippen molar-refractivity contribution in [3.63, 3.8) is 0 Å². The summed E-state index contributed by atoms with van der Waals surface area (Å²) < 4.78 is 12.1. The topological polar surface area (TPSA) is 101 Å². The third-order valence-corrected chi connectivity index (χ3v) is 10.2. The fourth-order valence-electron chi connectivity index (χ4n) is 7.89. The molecule has 5 aliphatic rings. The summed E-state index contributed by atoms with van der Waals surface area (Å²) in [6.45, 7) is 7.41. The summed E-state index contributed by atoms with van der Waals surface area (Å²) in [7, 11) is 0. The number of nitrogens with one attached hydrogen (secondary N) is 1. The summed E-state index contributed by atoms with van der Waals surface area (Å²) in [5.41, 5.74) is 4.23. The lowest BCUT2D eigenvalue weighted by molar-refractivity contribution is -0.140. The molecule has 8 nitrogen and oxygen atoms in total. The molecule has 44 heavy (non-hydrogen) atoms. The molecule has 2 N–H and O–H groups in total. The minimum absolute atomic E-state index is 0.0336. The van der Waals surface area contributed by atoms with Crippen LogP contribution in [0, 0.1) is 23.7 Å². The molecule has 3 aliphatic heterocycles. The highest BCUT2D eigenvalue weighted by molar-refractivity contribution is 6.02. The van der Waals surface area contributed by atoms with Gasteiger partial charge in [0.25, 0.3) is 0 Å². The lowest BCUT2D eigenvalue weighted by Crippen LogP contribution is -2.51. The van der Waals surface area contributed by atoms with Gasteiger partial charge in [-0.3, -0.25) is 19.5 Å². The Hall–Kier alpha value is -3.59. The number of rotatable bonds is 6. The molecule has 8 atom stereocenters. The molecule has 0 radical (unpaired) electrons. The average Bonchev–Trinajstić information content (AvgIpc) is 3.44. The van der Waals surface area contributed by atoms with E-state index in [0.717, 1.165) is 29.5 Å². The zero-order valence-corrected chi connectivity index (χ0v) is 25.6. The van der Waals surface area contributed by atoms with Gasteiger partial charge in [-0.25, -0.2) is 0 Å². The van der Waals surface area contributed by atoms with Crippen molar-refractivity contribution in [2.45, 2.75) is 69.9 Å². The van der Waals surface area contributed by atoms with Gasteiger partial charge in [0, 0.05) is 47.8 Å². The fraction of sp³-hybridized carbons (Fsp3) is 0.472. The molecule has 4 bridgehead atoms. The van der Waals surface area contributed by atoms with Crippen LogP contribution >= 0.6 is 0 Å². The monoisotopic (exact) mass is 595 g/mol. The van der Waals surface area contributed by atoms with Crippen molar-refractivity contribution in [2.75, 3.05) is 18.1 Å². The number of carbonyl (C=O) groups excluding carboxylic acids is 2. The van der Waals surface area contributed by atoms with Gasteiger partial charge in [0.2, 0.25) is 11.8 Å². The predicted molar refractivity (Wildman–Crippen MR) is 166 cm³/mol. The second kappa shape index (κ2) is 11.4. The van der Waals surface area contributed by atoms with E-state index in [0.29, 0.717) is 30.9 Å².